The standard InChI is InChI=1S/C17H25ClFN/c1-12(2)20-11-15-7-4-3-6-13(15)10-14-8-5-9-16(18)17(14)19/h5,8-9,12-13,15,20H,3-4,6-7,10-11H2,1-2H3. The molecule has 1 aromatic rings. The third-order valence-electron chi connectivity index (χ3n) is 4.37. The van der Waals surface area contributed by atoms with Crippen LogP contribution in [-0.2, 0) is 6.42 Å². The summed E-state index contributed by atoms with van der Waals surface area (Å²) in [5.74, 6) is 1.00. The molecule has 3 heteroatoms. The lowest BCUT2D eigenvalue weighted by molar-refractivity contribution is 0.223. The summed E-state index contributed by atoms with van der Waals surface area (Å²) in [6.07, 6.45) is 5.85. The van der Waals surface area contributed by atoms with Crippen molar-refractivity contribution >= 4 is 11.6 Å². The molecule has 1 aliphatic rings. The molecule has 2 rings (SSSR count). The first-order valence-electron chi connectivity index (χ1n) is 7.74. The second kappa shape index (κ2) is 7.42. The Morgan fingerprint density at radius 3 is 2.65 bits per heavy atom. The molecule has 1 N–H and O–H groups in total. The molecule has 1 fully saturated rings. The molecule has 2 unspecified atom stereocenters. The molecule has 1 aromatic carbocycles. The van der Waals surface area contributed by atoms with Crippen molar-refractivity contribution in [1.82, 2.24) is 5.32 Å². The number of hydrogen-bond acceptors (Lipinski definition) is 1. The minimum atomic E-state index is -0.227. The second-order valence-electron chi connectivity index (χ2n) is 6.28. The van der Waals surface area contributed by atoms with Gasteiger partial charge < -0.3 is 5.32 Å². The van der Waals surface area contributed by atoms with Crippen molar-refractivity contribution in [3.8, 4) is 0 Å². The van der Waals surface area contributed by atoms with Crippen LogP contribution in [0.5, 0.6) is 0 Å². The summed E-state index contributed by atoms with van der Waals surface area (Å²) >= 11 is 5.88. The summed E-state index contributed by atoms with van der Waals surface area (Å²) in [5.41, 5.74) is 0.777. The van der Waals surface area contributed by atoms with E-state index in [1.54, 1.807) is 6.07 Å². The fourth-order valence-electron chi connectivity index (χ4n) is 3.20. The van der Waals surface area contributed by atoms with Crippen molar-refractivity contribution in [3.05, 3.63) is 34.6 Å². The predicted octanol–water partition coefficient (Wildman–Crippen LogP) is 4.83. The van der Waals surface area contributed by atoms with Gasteiger partial charge in [-0.3, -0.25) is 0 Å². The second-order valence-corrected chi connectivity index (χ2v) is 6.69. The van der Waals surface area contributed by atoms with Gasteiger partial charge in [0, 0.05) is 6.04 Å². The zero-order valence-corrected chi connectivity index (χ0v) is 13.2. The molecule has 0 radical (unpaired) electrons. The Morgan fingerprint density at radius 1 is 1.25 bits per heavy atom. The molecule has 112 valence electrons. The smallest absolute Gasteiger partial charge is 0.144 e. The number of nitrogens with one attached hydrogen (secondary N) is 1. The van der Waals surface area contributed by atoms with Gasteiger partial charge in [-0.25, -0.2) is 4.39 Å². The highest BCUT2D eigenvalue weighted by Crippen LogP contribution is 2.33. The van der Waals surface area contributed by atoms with Crippen LogP contribution in [-0.4, -0.2) is 12.6 Å². The van der Waals surface area contributed by atoms with E-state index >= 15 is 0 Å². The van der Waals surface area contributed by atoms with Crippen LogP contribution in [0.3, 0.4) is 0 Å². The van der Waals surface area contributed by atoms with Gasteiger partial charge in [0.15, 0.2) is 0 Å². The van der Waals surface area contributed by atoms with E-state index in [-0.39, 0.29) is 10.8 Å². The first kappa shape index (κ1) is 15.8. The first-order valence-corrected chi connectivity index (χ1v) is 8.12. The SMILES string of the molecule is CC(C)NCC1CCCCC1Cc1cccc(Cl)c1F. The van der Waals surface area contributed by atoms with E-state index in [2.05, 4.69) is 19.2 Å². The summed E-state index contributed by atoms with van der Waals surface area (Å²) in [6, 6.07) is 5.87. The highest BCUT2D eigenvalue weighted by molar-refractivity contribution is 6.30. The van der Waals surface area contributed by atoms with Crippen LogP contribution in [0.25, 0.3) is 0 Å². The molecule has 1 aliphatic carbocycles. The summed E-state index contributed by atoms with van der Waals surface area (Å²) in [4.78, 5) is 0. The van der Waals surface area contributed by atoms with Gasteiger partial charge in [0.25, 0.3) is 0 Å². The normalized spacial score (nSPS) is 23.2. The lowest BCUT2D eigenvalue weighted by atomic mass is 9.76. The van der Waals surface area contributed by atoms with Crippen LogP contribution in [0.2, 0.25) is 5.02 Å². The van der Waals surface area contributed by atoms with Crippen LogP contribution in [0.15, 0.2) is 18.2 Å². The first-order chi connectivity index (χ1) is 9.58. The quantitative estimate of drug-likeness (QED) is 0.821. The summed E-state index contributed by atoms with van der Waals surface area (Å²) in [6.45, 7) is 5.40. The van der Waals surface area contributed by atoms with Gasteiger partial charge in [-0.2, -0.15) is 0 Å². The Labute approximate surface area is 126 Å². The van der Waals surface area contributed by atoms with E-state index in [1.807, 2.05) is 12.1 Å². The van der Waals surface area contributed by atoms with Gasteiger partial charge in [0.05, 0.1) is 5.02 Å². The average molecular weight is 298 g/mol. The molecule has 0 heterocycles. The highest BCUT2D eigenvalue weighted by Gasteiger charge is 2.26. The fraction of sp³-hybridized carbons (Fsp3) is 0.647. The Balaban J connectivity index is 2.02. The predicted molar refractivity (Wildman–Crippen MR) is 83.7 cm³/mol. The molecule has 0 amide bonds. The molecule has 0 aromatic heterocycles. The van der Waals surface area contributed by atoms with Gasteiger partial charge in [-0.05, 0) is 49.3 Å². The van der Waals surface area contributed by atoms with E-state index in [9.17, 15) is 4.39 Å². The van der Waals surface area contributed by atoms with Crippen molar-refractivity contribution in [2.75, 3.05) is 6.54 Å². The largest absolute Gasteiger partial charge is 0.314 e. The van der Waals surface area contributed by atoms with Crippen LogP contribution in [0.1, 0.15) is 45.1 Å². The Morgan fingerprint density at radius 2 is 1.95 bits per heavy atom. The van der Waals surface area contributed by atoms with Crippen LogP contribution in [0, 0.1) is 17.7 Å². The average Bonchev–Trinajstić information content (AvgIpc) is 2.43. The number of halogens is 2. The number of hydrogen-bond donors (Lipinski definition) is 1. The molecular formula is C17H25ClFN. The van der Waals surface area contributed by atoms with Crippen molar-refractivity contribution in [3.63, 3.8) is 0 Å². The third-order valence-corrected chi connectivity index (χ3v) is 4.66. The highest BCUT2D eigenvalue weighted by atomic mass is 35.5. The molecule has 0 bridgehead atoms. The molecular weight excluding hydrogens is 273 g/mol. The topological polar surface area (TPSA) is 12.0 Å². The van der Waals surface area contributed by atoms with E-state index in [0.29, 0.717) is 17.9 Å². The van der Waals surface area contributed by atoms with Crippen LogP contribution in [0.4, 0.5) is 4.39 Å². The van der Waals surface area contributed by atoms with Gasteiger partial charge in [-0.1, -0.05) is 50.4 Å². The molecule has 0 aliphatic heterocycles. The van der Waals surface area contributed by atoms with Gasteiger partial charge in [0.1, 0.15) is 5.82 Å². The Hall–Kier alpha value is -0.600. The Bertz CT molecular complexity index is 433. The van der Waals surface area contributed by atoms with Gasteiger partial charge in [-0.15, -0.1) is 0 Å². The van der Waals surface area contributed by atoms with Crippen molar-refractivity contribution in [1.29, 1.82) is 0 Å². The summed E-state index contributed by atoms with van der Waals surface area (Å²) < 4.78 is 14.1. The van der Waals surface area contributed by atoms with Crippen molar-refractivity contribution < 1.29 is 4.39 Å². The van der Waals surface area contributed by atoms with E-state index < -0.39 is 0 Å². The monoisotopic (exact) mass is 297 g/mol. The fourth-order valence-corrected chi connectivity index (χ4v) is 3.39. The van der Waals surface area contributed by atoms with E-state index in [1.165, 1.54) is 25.7 Å². The molecule has 0 saturated heterocycles. The summed E-state index contributed by atoms with van der Waals surface area (Å²) in [5, 5.41) is 3.78. The van der Waals surface area contributed by atoms with Crippen LogP contribution < -0.4 is 5.32 Å². The lowest BCUT2D eigenvalue weighted by Crippen LogP contribution is -2.35. The molecule has 1 saturated carbocycles. The van der Waals surface area contributed by atoms with Gasteiger partial charge >= 0.3 is 0 Å². The maximum atomic E-state index is 14.1. The third kappa shape index (κ3) is 4.20. The van der Waals surface area contributed by atoms with E-state index in [4.69, 9.17) is 11.6 Å². The minimum Gasteiger partial charge on any atom is -0.314 e. The zero-order chi connectivity index (χ0) is 14.5. The Kier molecular flexibility index (Phi) is 5.86. The minimum absolute atomic E-state index is 0.227. The zero-order valence-electron chi connectivity index (χ0n) is 12.5. The lowest BCUT2D eigenvalue weighted by Gasteiger charge is -2.32. The molecule has 2 atom stereocenters. The maximum Gasteiger partial charge on any atom is 0.144 e. The number of rotatable bonds is 5. The molecule has 0 spiro atoms. The van der Waals surface area contributed by atoms with Gasteiger partial charge in [0.2, 0.25) is 0 Å². The van der Waals surface area contributed by atoms with Crippen molar-refractivity contribution in [2.24, 2.45) is 11.8 Å². The van der Waals surface area contributed by atoms with Crippen molar-refractivity contribution in [2.45, 2.75) is 52.0 Å². The maximum absolute atomic E-state index is 14.1. The van der Waals surface area contributed by atoms with Crippen LogP contribution >= 0.6 is 11.6 Å². The molecule has 1 nitrogen and oxygen atoms in total. The summed E-state index contributed by atoms with van der Waals surface area (Å²) in [7, 11) is 0. The number of benzene rings is 1. The molecule has 20 heavy (non-hydrogen) atoms. The van der Waals surface area contributed by atoms with E-state index in [0.717, 1.165) is 18.5 Å².